The molecule has 1 amide bonds. The van der Waals surface area contributed by atoms with Gasteiger partial charge in [0.05, 0.1) is 24.5 Å². The van der Waals surface area contributed by atoms with E-state index in [4.69, 9.17) is 9.47 Å². The van der Waals surface area contributed by atoms with Crippen LogP contribution < -0.4 is 15.4 Å². The minimum atomic E-state index is -0.149. The Labute approximate surface area is 119 Å². The zero-order valence-electron chi connectivity index (χ0n) is 11.7. The van der Waals surface area contributed by atoms with E-state index >= 15 is 0 Å². The van der Waals surface area contributed by atoms with E-state index in [0.717, 1.165) is 17.8 Å². The molecule has 108 valence electrons. The van der Waals surface area contributed by atoms with Crippen molar-refractivity contribution in [3.8, 4) is 5.75 Å². The van der Waals surface area contributed by atoms with Crippen molar-refractivity contribution in [1.29, 1.82) is 0 Å². The number of benzene rings is 1. The van der Waals surface area contributed by atoms with E-state index in [9.17, 15) is 4.79 Å². The van der Waals surface area contributed by atoms with Gasteiger partial charge in [0.1, 0.15) is 6.61 Å². The number of nitrogens with one attached hydrogen (secondary N) is 2. The van der Waals surface area contributed by atoms with Gasteiger partial charge in [0.15, 0.2) is 5.75 Å². The molecule has 0 fully saturated rings. The molecule has 1 aromatic rings. The molecule has 0 saturated heterocycles. The van der Waals surface area contributed by atoms with Crippen molar-refractivity contribution in [2.24, 2.45) is 0 Å². The van der Waals surface area contributed by atoms with Gasteiger partial charge in [-0.05, 0) is 19.1 Å². The Balaban J connectivity index is 1.88. The zero-order chi connectivity index (χ0) is 14.4. The lowest BCUT2D eigenvalue weighted by Crippen LogP contribution is -2.29. The van der Waals surface area contributed by atoms with Crippen LogP contribution in [0.5, 0.6) is 5.75 Å². The highest BCUT2D eigenvalue weighted by Crippen LogP contribution is 2.30. The molecule has 1 aliphatic heterocycles. The molecule has 0 aliphatic carbocycles. The number of carbonyl (C=O) groups excluding carboxylic acids is 1. The predicted molar refractivity (Wildman–Crippen MR) is 78.4 cm³/mol. The lowest BCUT2D eigenvalue weighted by molar-refractivity contribution is 0.0923. The Morgan fingerprint density at radius 3 is 3.20 bits per heavy atom. The molecular formula is C15H20N2O3. The summed E-state index contributed by atoms with van der Waals surface area (Å²) >= 11 is 0. The summed E-state index contributed by atoms with van der Waals surface area (Å²) in [6, 6.07) is 5.50. The molecule has 1 heterocycles. The number of ether oxygens (including phenoxy) is 2. The Morgan fingerprint density at radius 1 is 1.55 bits per heavy atom. The molecule has 5 heteroatoms. The molecule has 1 aromatic carbocycles. The first-order chi connectivity index (χ1) is 9.68. The third-order valence-corrected chi connectivity index (χ3v) is 2.80. The van der Waals surface area contributed by atoms with Crippen molar-refractivity contribution in [2.45, 2.75) is 6.92 Å². The molecule has 0 radical (unpaired) electrons. The van der Waals surface area contributed by atoms with Gasteiger partial charge in [0, 0.05) is 13.1 Å². The molecule has 2 rings (SSSR count). The van der Waals surface area contributed by atoms with Crippen LogP contribution in [0.1, 0.15) is 17.3 Å². The second kappa shape index (κ2) is 6.96. The van der Waals surface area contributed by atoms with Crippen LogP contribution in [0.4, 0.5) is 5.69 Å². The van der Waals surface area contributed by atoms with Crippen LogP contribution in [-0.2, 0) is 4.74 Å². The Hall–Kier alpha value is -2.01. The molecule has 0 aromatic heterocycles. The van der Waals surface area contributed by atoms with Gasteiger partial charge in [-0.1, -0.05) is 18.2 Å². The third kappa shape index (κ3) is 3.74. The highest BCUT2D eigenvalue weighted by molar-refractivity contribution is 5.98. The predicted octanol–water partition coefficient (Wildman–Crippen LogP) is 1.81. The first kappa shape index (κ1) is 14.4. The number of amides is 1. The number of rotatable bonds is 6. The summed E-state index contributed by atoms with van der Waals surface area (Å²) in [6.07, 6.45) is 0. The number of hydrogen-bond acceptors (Lipinski definition) is 4. The van der Waals surface area contributed by atoms with Crippen LogP contribution in [0, 0.1) is 0 Å². The lowest BCUT2D eigenvalue weighted by Gasteiger charge is -2.21. The van der Waals surface area contributed by atoms with Crippen molar-refractivity contribution in [3.05, 3.63) is 35.9 Å². The first-order valence-corrected chi connectivity index (χ1v) is 6.68. The van der Waals surface area contributed by atoms with Crippen molar-refractivity contribution in [2.75, 3.05) is 38.2 Å². The summed E-state index contributed by atoms with van der Waals surface area (Å²) in [6.45, 7) is 8.42. The largest absolute Gasteiger partial charge is 0.489 e. The second-order valence-corrected chi connectivity index (χ2v) is 4.72. The standard InChI is InChI=1S/C15H20N2O3/c1-11(2)10-19-8-6-17-15(18)12-4-3-5-13-14(12)20-9-7-16-13/h3-5,16H,1,6-10H2,2H3,(H,17,18). The zero-order valence-corrected chi connectivity index (χ0v) is 11.7. The van der Waals surface area contributed by atoms with Crippen molar-refractivity contribution in [1.82, 2.24) is 5.32 Å². The topological polar surface area (TPSA) is 59.6 Å². The third-order valence-electron chi connectivity index (χ3n) is 2.80. The van der Waals surface area contributed by atoms with E-state index in [1.807, 2.05) is 19.1 Å². The van der Waals surface area contributed by atoms with E-state index in [0.29, 0.717) is 37.7 Å². The van der Waals surface area contributed by atoms with Gasteiger partial charge in [-0.3, -0.25) is 4.79 Å². The SMILES string of the molecule is C=C(C)COCCNC(=O)c1cccc2c1OCCN2. The summed E-state index contributed by atoms with van der Waals surface area (Å²) in [4.78, 5) is 12.1. The van der Waals surface area contributed by atoms with Gasteiger partial charge in [0.25, 0.3) is 5.91 Å². The van der Waals surface area contributed by atoms with Crippen molar-refractivity contribution in [3.63, 3.8) is 0 Å². The maximum absolute atomic E-state index is 12.1. The molecule has 1 aliphatic rings. The quantitative estimate of drug-likeness (QED) is 0.614. The summed E-state index contributed by atoms with van der Waals surface area (Å²) in [5, 5.41) is 6.03. The first-order valence-electron chi connectivity index (χ1n) is 6.68. The Bertz CT molecular complexity index is 500. The van der Waals surface area contributed by atoms with Crippen LogP contribution in [-0.4, -0.2) is 38.8 Å². The molecule has 0 bridgehead atoms. The normalized spacial score (nSPS) is 12.8. The monoisotopic (exact) mass is 276 g/mol. The van der Waals surface area contributed by atoms with Gasteiger partial charge in [-0.25, -0.2) is 0 Å². The average Bonchev–Trinajstić information content (AvgIpc) is 2.45. The molecular weight excluding hydrogens is 256 g/mol. The maximum Gasteiger partial charge on any atom is 0.255 e. The molecule has 0 unspecified atom stereocenters. The van der Waals surface area contributed by atoms with Crippen LogP contribution >= 0.6 is 0 Å². The van der Waals surface area contributed by atoms with E-state index in [1.165, 1.54) is 0 Å². The van der Waals surface area contributed by atoms with E-state index in [1.54, 1.807) is 6.07 Å². The Kier molecular flexibility index (Phi) is 5.01. The highest BCUT2D eigenvalue weighted by atomic mass is 16.5. The minimum Gasteiger partial charge on any atom is -0.489 e. The number of hydrogen-bond donors (Lipinski definition) is 2. The number of carbonyl (C=O) groups is 1. The van der Waals surface area contributed by atoms with E-state index in [-0.39, 0.29) is 5.91 Å². The number of para-hydroxylation sites is 1. The van der Waals surface area contributed by atoms with Crippen LogP contribution in [0.3, 0.4) is 0 Å². The van der Waals surface area contributed by atoms with E-state index < -0.39 is 0 Å². The van der Waals surface area contributed by atoms with Gasteiger partial charge in [-0.15, -0.1) is 0 Å². The summed E-state index contributed by atoms with van der Waals surface area (Å²) in [7, 11) is 0. The molecule has 0 spiro atoms. The highest BCUT2D eigenvalue weighted by Gasteiger charge is 2.18. The fourth-order valence-corrected chi connectivity index (χ4v) is 1.93. The van der Waals surface area contributed by atoms with Crippen molar-refractivity contribution >= 4 is 11.6 Å². The Morgan fingerprint density at radius 2 is 2.40 bits per heavy atom. The van der Waals surface area contributed by atoms with Crippen LogP contribution in [0.15, 0.2) is 30.4 Å². The molecule has 5 nitrogen and oxygen atoms in total. The van der Waals surface area contributed by atoms with Gasteiger partial charge in [-0.2, -0.15) is 0 Å². The number of fused-ring (bicyclic) bond motifs is 1. The van der Waals surface area contributed by atoms with Gasteiger partial charge in [0.2, 0.25) is 0 Å². The fraction of sp³-hybridized carbons (Fsp3) is 0.400. The maximum atomic E-state index is 12.1. The number of anilines is 1. The van der Waals surface area contributed by atoms with Crippen LogP contribution in [0.25, 0.3) is 0 Å². The minimum absolute atomic E-state index is 0.149. The molecule has 20 heavy (non-hydrogen) atoms. The van der Waals surface area contributed by atoms with Gasteiger partial charge < -0.3 is 20.1 Å². The molecule has 2 N–H and O–H groups in total. The van der Waals surface area contributed by atoms with Crippen molar-refractivity contribution < 1.29 is 14.3 Å². The molecule has 0 saturated carbocycles. The molecule has 0 atom stereocenters. The summed E-state index contributed by atoms with van der Waals surface area (Å²) in [5.74, 6) is 0.476. The van der Waals surface area contributed by atoms with E-state index in [2.05, 4.69) is 17.2 Å². The fourth-order valence-electron chi connectivity index (χ4n) is 1.93. The van der Waals surface area contributed by atoms with Gasteiger partial charge >= 0.3 is 0 Å². The van der Waals surface area contributed by atoms with Crippen LogP contribution in [0.2, 0.25) is 0 Å². The summed E-state index contributed by atoms with van der Waals surface area (Å²) < 4.78 is 10.9. The second-order valence-electron chi connectivity index (χ2n) is 4.72. The average molecular weight is 276 g/mol. The lowest BCUT2D eigenvalue weighted by atomic mass is 10.1. The summed E-state index contributed by atoms with van der Waals surface area (Å²) in [5.41, 5.74) is 2.38. The smallest absolute Gasteiger partial charge is 0.255 e.